The molecule has 0 spiro atoms. The number of benzene rings is 1. The van der Waals surface area contributed by atoms with E-state index in [1.807, 2.05) is 12.1 Å². The summed E-state index contributed by atoms with van der Waals surface area (Å²) in [5, 5.41) is 2.93. The Balaban J connectivity index is 1.46. The van der Waals surface area contributed by atoms with Crippen LogP contribution in [0.15, 0.2) is 53.5 Å². The highest BCUT2D eigenvalue weighted by molar-refractivity contribution is 5.75. The SMILES string of the molecule is O=C(CCn1ccccc1=O)NCc1cccc(CN2CCOCC2)c1. The standard InChI is InChI=1S/C20H25N3O3/c24-19(7-9-23-8-2-1-6-20(23)25)21-15-17-4-3-5-18(14-17)16-22-10-12-26-13-11-22/h1-6,8,14H,7,9-13,15-16H2,(H,21,24). The lowest BCUT2D eigenvalue weighted by Gasteiger charge is -2.26. The van der Waals surface area contributed by atoms with E-state index in [0.717, 1.165) is 38.4 Å². The molecule has 1 N–H and O–H groups in total. The van der Waals surface area contributed by atoms with Crippen molar-refractivity contribution in [1.29, 1.82) is 0 Å². The molecule has 1 aliphatic rings. The van der Waals surface area contributed by atoms with Crippen molar-refractivity contribution in [3.63, 3.8) is 0 Å². The molecule has 138 valence electrons. The average molecular weight is 355 g/mol. The Bertz CT molecular complexity index is 782. The van der Waals surface area contributed by atoms with Gasteiger partial charge in [0.15, 0.2) is 0 Å². The van der Waals surface area contributed by atoms with Gasteiger partial charge in [0.05, 0.1) is 13.2 Å². The summed E-state index contributed by atoms with van der Waals surface area (Å²) < 4.78 is 6.92. The van der Waals surface area contributed by atoms with Crippen LogP contribution >= 0.6 is 0 Å². The quantitative estimate of drug-likeness (QED) is 0.815. The number of hydrogen-bond donors (Lipinski definition) is 1. The molecule has 1 amide bonds. The Morgan fingerprint density at radius 2 is 1.88 bits per heavy atom. The molecule has 1 aromatic carbocycles. The van der Waals surface area contributed by atoms with Gasteiger partial charge >= 0.3 is 0 Å². The number of ether oxygens (including phenoxy) is 1. The van der Waals surface area contributed by atoms with Crippen molar-refractivity contribution in [2.45, 2.75) is 26.1 Å². The van der Waals surface area contributed by atoms with Gasteiger partial charge in [-0.15, -0.1) is 0 Å². The molecule has 1 saturated heterocycles. The second kappa shape index (κ2) is 9.31. The van der Waals surface area contributed by atoms with Gasteiger partial charge in [-0.05, 0) is 17.2 Å². The molecule has 1 fully saturated rings. The summed E-state index contributed by atoms with van der Waals surface area (Å²) in [7, 11) is 0. The minimum Gasteiger partial charge on any atom is -0.379 e. The first-order chi connectivity index (χ1) is 12.7. The van der Waals surface area contributed by atoms with Crippen molar-refractivity contribution in [2.24, 2.45) is 0 Å². The minimum atomic E-state index is -0.0869. The van der Waals surface area contributed by atoms with Crippen LogP contribution in [-0.2, 0) is 29.2 Å². The molecule has 26 heavy (non-hydrogen) atoms. The van der Waals surface area contributed by atoms with Crippen LogP contribution in [0.1, 0.15) is 17.5 Å². The van der Waals surface area contributed by atoms with Crippen LogP contribution < -0.4 is 10.9 Å². The first kappa shape index (κ1) is 18.4. The largest absolute Gasteiger partial charge is 0.379 e. The highest BCUT2D eigenvalue weighted by Gasteiger charge is 2.11. The fourth-order valence-corrected chi connectivity index (χ4v) is 3.01. The Labute approximate surface area is 153 Å². The van der Waals surface area contributed by atoms with Crippen LogP contribution in [0.3, 0.4) is 0 Å². The number of rotatable bonds is 7. The van der Waals surface area contributed by atoms with E-state index in [-0.39, 0.29) is 17.9 Å². The average Bonchev–Trinajstić information content (AvgIpc) is 2.67. The van der Waals surface area contributed by atoms with Crippen LogP contribution in [0.2, 0.25) is 0 Å². The number of aromatic nitrogens is 1. The van der Waals surface area contributed by atoms with Crippen molar-refractivity contribution in [1.82, 2.24) is 14.8 Å². The van der Waals surface area contributed by atoms with Gasteiger partial charge in [0.2, 0.25) is 5.91 Å². The minimum absolute atomic E-state index is 0.0562. The lowest BCUT2D eigenvalue weighted by Crippen LogP contribution is -2.35. The van der Waals surface area contributed by atoms with E-state index in [9.17, 15) is 9.59 Å². The zero-order chi connectivity index (χ0) is 18.2. The van der Waals surface area contributed by atoms with Crippen LogP contribution in [0.25, 0.3) is 0 Å². The monoisotopic (exact) mass is 355 g/mol. The number of nitrogens with one attached hydrogen (secondary N) is 1. The number of amides is 1. The zero-order valence-electron chi connectivity index (χ0n) is 14.9. The molecule has 0 unspecified atom stereocenters. The highest BCUT2D eigenvalue weighted by Crippen LogP contribution is 2.10. The molecule has 2 heterocycles. The van der Waals surface area contributed by atoms with E-state index in [2.05, 4.69) is 22.3 Å². The summed E-state index contributed by atoms with van der Waals surface area (Å²) in [6, 6.07) is 13.3. The van der Waals surface area contributed by atoms with Gasteiger partial charge in [-0.2, -0.15) is 0 Å². The van der Waals surface area contributed by atoms with Crippen LogP contribution in [-0.4, -0.2) is 41.7 Å². The van der Waals surface area contributed by atoms with Crippen molar-refractivity contribution in [3.8, 4) is 0 Å². The van der Waals surface area contributed by atoms with Gasteiger partial charge in [0, 0.05) is 51.4 Å². The summed E-state index contributed by atoms with van der Waals surface area (Å²) in [5.41, 5.74) is 2.24. The molecule has 2 aromatic rings. The summed E-state index contributed by atoms with van der Waals surface area (Å²) in [4.78, 5) is 26.1. The van der Waals surface area contributed by atoms with Crippen molar-refractivity contribution < 1.29 is 9.53 Å². The summed E-state index contributed by atoms with van der Waals surface area (Å²) in [6.45, 7) is 5.30. The molecule has 0 aliphatic carbocycles. The normalized spacial score (nSPS) is 14.9. The molecular formula is C20H25N3O3. The number of carbonyl (C=O) groups is 1. The van der Waals surface area contributed by atoms with Crippen molar-refractivity contribution in [3.05, 3.63) is 70.1 Å². The van der Waals surface area contributed by atoms with Gasteiger partial charge in [-0.1, -0.05) is 30.3 Å². The van der Waals surface area contributed by atoms with E-state index in [1.165, 1.54) is 11.6 Å². The Kier molecular flexibility index (Phi) is 6.57. The van der Waals surface area contributed by atoms with Crippen LogP contribution in [0.4, 0.5) is 0 Å². The maximum Gasteiger partial charge on any atom is 0.250 e. The topological polar surface area (TPSA) is 63.6 Å². The fraction of sp³-hybridized carbons (Fsp3) is 0.400. The van der Waals surface area contributed by atoms with Gasteiger partial charge in [0.25, 0.3) is 5.56 Å². The van der Waals surface area contributed by atoms with Crippen molar-refractivity contribution >= 4 is 5.91 Å². The zero-order valence-corrected chi connectivity index (χ0v) is 14.9. The molecule has 0 atom stereocenters. The number of morpholine rings is 1. The predicted molar refractivity (Wildman–Crippen MR) is 99.7 cm³/mol. The third kappa shape index (κ3) is 5.54. The van der Waals surface area contributed by atoms with Crippen LogP contribution in [0, 0.1) is 0 Å². The molecular weight excluding hydrogens is 330 g/mol. The predicted octanol–water partition coefficient (Wildman–Crippen LogP) is 1.39. The maximum absolute atomic E-state index is 12.1. The van der Waals surface area contributed by atoms with E-state index >= 15 is 0 Å². The summed E-state index contributed by atoms with van der Waals surface area (Å²) in [6.07, 6.45) is 1.99. The molecule has 1 aliphatic heterocycles. The van der Waals surface area contributed by atoms with Crippen molar-refractivity contribution in [2.75, 3.05) is 26.3 Å². The lowest BCUT2D eigenvalue weighted by molar-refractivity contribution is -0.121. The van der Waals surface area contributed by atoms with Gasteiger partial charge in [-0.25, -0.2) is 0 Å². The smallest absolute Gasteiger partial charge is 0.250 e. The number of pyridine rings is 1. The third-order valence-electron chi connectivity index (χ3n) is 4.47. The first-order valence-electron chi connectivity index (χ1n) is 9.01. The fourth-order valence-electron chi connectivity index (χ4n) is 3.01. The Hall–Kier alpha value is -2.44. The molecule has 0 radical (unpaired) electrons. The molecule has 0 bridgehead atoms. The molecule has 6 heteroatoms. The molecule has 1 aromatic heterocycles. The molecule has 0 saturated carbocycles. The molecule has 3 rings (SSSR count). The van der Waals surface area contributed by atoms with E-state index in [0.29, 0.717) is 13.1 Å². The number of hydrogen-bond acceptors (Lipinski definition) is 4. The van der Waals surface area contributed by atoms with Gasteiger partial charge in [-0.3, -0.25) is 14.5 Å². The van der Waals surface area contributed by atoms with E-state index in [1.54, 1.807) is 22.9 Å². The second-order valence-corrected chi connectivity index (χ2v) is 6.47. The third-order valence-corrected chi connectivity index (χ3v) is 4.47. The summed E-state index contributed by atoms with van der Waals surface area (Å²) >= 11 is 0. The number of aryl methyl sites for hydroxylation is 1. The van der Waals surface area contributed by atoms with E-state index < -0.39 is 0 Å². The lowest BCUT2D eigenvalue weighted by atomic mass is 10.1. The van der Waals surface area contributed by atoms with Crippen LogP contribution in [0.5, 0.6) is 0 Å². The Morgan fingerprint density at radius 3 is 2.69 bits per heavy atom. The Morgan fingerprint density at radius 1 is 1.08 bits per heavy atom. The number of carbonyl (C=O) groups excluding carboxylic acids is 1. The maximum atomic E-state index is 12.1. The first-order valence-corrected chi connectivity index (χ1v) is 9.01. The second-order valence-electron chi connectivity index (χ2n) is 6.47. The number of nitrogens with zero attached hydrogens (tertiary/aromatic N) is 2. The van der Waals surface area contributed by atoms with Gasteiger partial charge in [0.1, 0.15) is 0 Å². The van der Waals surface area contributed by atoms with E-state index in [4.69, 9.17) is 4.74 Å². The van der Waals surface area contributed by atoms with Gasteiger partial charge < -0.3 is 14.6 Å². The summed E-state index contributed by atoms with van der Waals surface area (Å²) in [5.74, 6) is -0.0562. The highest BCUT2D eigenvalue weighted by atomic mass is 16.5. The molecule has 6 nitrogen and oxygen atoms in total.